The molecule has 0 bridgehead atoms. The summed E-state index contributed by atoms with van der Waals surface area (Å²) in [6, 6.07) is 8.89. The molecule has 0 aromatic heterocycles. The van der Waals surface area contributed by atoms with Crippen LogP contribution in [-0.2, 0) is 0 Å². The zero-order valence-electron chi connectivity index (χ0n) is 13.1. The lowest BCUT2D eigenvalue weighted by Gasteiger charge is -2.20. The van der Waals surface area contributed by atoms with Crippen LogP contribution in [-0.4, -0.2) is 36.5 Å². The van der Waals surface area contributed by atoms with Crippen LogP contribution in [0.5, 0.6) is 0 Å². The fourth-order valence-electron chi connectivity index (χ4n) is 2.88. The predicted octanol–water partition coefficient (Wildman–Crippen LogP) is 3.81. The van der Waals surface area contributed by atoms with Gasteiger partial charge in [0.05, 0.1) is 0 Å². The molecule has 0 N–H and O–H groups in total. The molecule has 0 atom stereocenters. The van der Waals surface area contributed by atoms with Crippen molar-refractivity contribution >= 4 is 17.5 Å². The summed E-state index contributed by atoms with van der Waals surface area (Å²) in [5.74, 6) is 0. The van der Waals surface area contributed by atoms with Crippen molar-refractivity contribution in [3.8, 4) is 0 Å². The minimum Gasteiger partial charge on any atom is -0.372 e. The second kappa shape index (κ2) is 7.28. The Labute approximate surface area is 123 Å². The molecule has 2 rings (SSSR count). The highest BCUT2D eigenvalue weighted by Gasteiger charge is 2.17. The summed E-state index contributed by atoms with van der Waals surface area (Å²) in [6.45, 7) is 11.1. The largest absolute Gasteiger partial charge is 0.372 e. The van der Waals surface area contributed by atoms with E-state index in [0.29, 0.717) is 0 Å². The molecule has 0 unspecified atom stereocenters. The van der Waals surface area contributed by atoms with E-state index in [2.05, 4.69) is 66.7 Å². The highest BCUT2D eigenvalue weighted by Crippen LogP contribution is 2.16. The van der Waals surface area contributed by atoms with Crippen molar-refractivity contribution in [2.24, 2.45) is 0 Å². The molecular formula is C18H27N2+. The lowest BCUT2D eigenvalue weighted by atomic mass is 10.1. The number of hydrogen-bond acceptors (Lipinski definition) is 1. The summed E-state index contributed by atoms with van der Waals surface area (Å²) < 4.78 is 2.47. The van der Waals surface area contributed by atoms with E-state index in [1.807, 2.05) is 0 Å². The Hall–Kier alpha value is -1.57. The van der Waals surface area contributed by atoms with Crippen molar-refractivity contribution in [3.05, 3.63) is 35.9 Å². The first-order valence-corrected chi connectivity index (χ1v) is 7.92. The molecule has 1 aliphatic rings. The Morgan fingerprint density at radius 3 is 2.35 bits per heavy atom. The average molecular weight is 271 g/mol. The van der Waals surface area contributed by atoms with Crippen LogP contribution in [0.25, 0.3) is 6.08 Å². The molecule has 108 valence electrons. The maximum Gasteiger partial charge on any atom is 0.176 e. The van der Waals surface area contributed by atoms with Crippen LogP contribution in [0.15, 0.2) is 30.3 Å². The van der Waals surface area contributed by atoms with Crippen LogP contribution in [0.4, 0.5) is 5.69 Å². The van der Waals surface area contributed by atoms with Crippen LogP contribution in [0.3, 0.4) is 0 Å². The Bertz CT molecular complexity index is 479. The number of hydrogen-bond donors (Lipinski definition) is 0. The Kier molecular flexibility index (Phi) is 5.40. The van der Waals surface area contributed by atoms with Gasteiger partial charge in [0, 0.05) is 37.7 Å². The van der Waals surface area contributed by atoms with Gasteiger partial charge in [-0.3, -0.25) is 0 Å². The van der Waals surface area contributed by atoms with E-state index in [1.54, 1.807) is 0 Å². The van der Waals surface area contributed by atoms with E-state index in [9.17, 15) is 0 Å². The fourth-order valence-corrected chi connectivity index (χ4v) is 2.88. The first kappa shape index (κ1) is 14.8. The van der Waals surface area contributed by atoms with Gasteiger partial charge in [0.15, 0.2) is 5.71 Å². The second-order valence-electron chi connectivity index (χ2n) is 5.27. The van der Waals surface area contributed by atoms with Crippen LogP contribution < -0.4 is 4.90 Å². The minimum absolute atomic E-state index is 1.06. The molecule has 20 heavy (non-hydrogen) atoms. The quantitative estimate of drug-likeness (QED) is 0.713. The van der Waals surface area contributed by atoms with Crippen LogP contribution in [0, 0.1) is 0 Å². The first-order valence-electron chi connectivity index (χ1n) is 7.92. The number of rotatable bonds is 6. The molecule has 0 spiro atoms. The van der Waals surface area contributed by atoms with Crippen molar-refractivity contribution in [1.29, 1.82) is 0 Å². The first-order chi connectivity index (χ1) is 9.78. The van der Waals surface area contributed by atoms with Gasteiger partial charge in [-0.2, -0.15) is 0 Å². The molecule has 0 saturated heterocycles. The average Bonchev–Trinajstić information content (AvgIpc) is 2.95. The van der Waals surface area contributed by atoms with Gasteiger partial charge in [0.2, 0.25) is 0 Å². The van der Waals surface area contributed by atoms with Gasteiger partial charge in [0.25, 0.3) is 0 Å². The molecule has 0 radical (unpaired) electrons. The van der Waals surface area contributed by atoms with Gasteiger partial charge in [-0.25, -0.2) is 4.58 Å². The third-order valence-electron chi connectivity index (χ3n) is 4.14. The summed E-state index contributed by atoms with van der Waals surface area (Å²) in [6.07, 6.45) is 7.06. The zero-order chi connectivity index (χ0) is 14.4. The maximum atomic E-state index is 2.47. The third kappa shape index (κ3) is 3.50. The van der Waals surface area contributed by atoms with Crippen LogP contribution in [0.1, 0.15) is 39.2 Å². The van der Waals surface area contributed by atoms with Gasteiger partial charge in [-0.15, -0.1) is 0 Å². The summed E-state index contributed by atoms with van der Waals surface area (Å²) in [5, 5.41) is 0. The van der Waals surface area contributed by atoms with Gasteiger partial charge in [0.1, 0.15) is 13.1 Å². The number of benzene rings is 1. The summed E-state index contributed by atoms with van der Waals surface area (Å²) >= 11 is 0. The van der Waals surface area contributed by atoms with E-state index in [1.165, 1.54) is 36.3 Å². The fraction of sp³-hybridized carbons (Fsp3) is 0.500. The van der Waals surface area contributed by atoms with Gasteiger partial charge in [-0.1, -0.05) is 12.1 Å². The Morgan fingerprint density at radius 1 is 1.05 bits per heavy atom. The van der Waals surface area contributed by atoms with Crippen LogP contribution >= 0.6 is 0 Å². The second-order valence-corrected chi connectivity index (χ2v) is 5.27. The van der Waals surface area contributed by atoms with E-state index in [0.717, 1.165) is 19.6 Å². The maximum absolute atomic E-state index is 2.47. The zero-order valence-corrected chi connectivity index (χ0v) is 13.1. The van der Waals surface area contributed by atoms with Crippen LogP contribution in [0.2, 0.25) is 0 Å². The van der Waals surface area contributed by atoms with E-state index in [4.69, 9.17) is 0 Å². The predicted molar refractivity (Wildman–Crippen MR) is 88.9 cm³/mol. The number of nitrogens with zero attached hydrogens (tertiary/aromatic N) is 2. The SMILES string of the molecule is CCN(CC)c1ccc(/C=C/C2=[N+](CC)CCC2)cc1. The normalized spacial score (nSPS) is 15.3. The van der Waals surface area contributed by atoms with E-state index >= 15 is 0 Å². The molecule has 0 amide bonds. The Balaban J connectivity index is 2.07. The monoisotopic (exact) mass is 271 g/mol. The molecule has 1 aromatic carbocycles. The standard InChI is InChI=1S/C18H27N2/c1-4-19(5-2)18-13-10-16(11-14-18)9-12-17-8-7-15-20(17)6-3/h9-14H,4-8,15H2,1-3H3/q+1. The smallest absolute Gasteiger partial charge is 0.176 e. The van der Waals surface area contributed by atoms with Crippen molar-refractivity contribution in [2.75, 3.05) is 31.1 Å². The number of allylic oxidation sites excluding steroid dienone is 1. The van der Waals surface area contributed by atoms with Crippen molar-refractivity contribution in [1.82, 2.24) is 0 Å². The molecule has 0 fully saturated rings. The topological polar surface area (TPSA) is 6.25 Å². The van der Waals surface area contributed by atoms with Crippen molar-refractivity contribution < 1.29 is 4.58 Å². The summed E-state index contributed by atoms with van der Waals surface area (Å²) in [4.78, 5) is 2.37. The van der Waals surface area contributed by atoms with Gasteiger partial charge < -0.3 is 4.90 Å². The van der Waals surface area contributed by atoms with E-state index < -0.39 is 0 Å². The molecule has 1 aliphatic heterocycles. The Morgan fingerprint density at radius 2 is 1.75 bits per heavy atom. The highest BCUT2D eigenvalue weighted by atomic mass is 15.1. The van der Waals surface area contributed by atoms with Crippen molar-refractivity contribution in [3.63, 3.8) is 0 Å². The summed E-state index contributed by atoms with van der Waals surface area (Å²) in [5.41, 5.74) is 4.09. The molecule has 2 nitrogen and oxygen atoms in total. The highest BCUT2D eigenvalue weighted by molar-refractivity contribution is 5.95. The number of anilines is 1. The van der Waals surface area contributed by atoms with Crippen molar-refractivity contribution in [2.45, 2.75) is 33.6 Å². The molecule has 1 heterocycles. The summed E-state index contributed by atoms with van der Waals surface area (Å²) in [7, 11) is 0. The third-order valence-corrected chi connectivity index (χ3v) is 4.14. The molecule has 1 aromatic rings. The molecular weight excluding hydrogens is 244 g/mol. The molecule has 2 heteroatoms. The molecule has 0 aliphatic carbocycles. The molecule has 0 saturated carbocycles. The van der Waals surface area contributed by atoms with E-state index in [-0.39, 0.29) is 0 Å². The van der Waals surface area contributed by atoms with Gasteiger partial charge in [-0.05, 0) is 44.5 Å². The van der Waals surface area contributed by atoms with Gasteiger partial charge >= 0.3 is 0 Å². The lowest BCUT2D eigenvalue weighted by Crippen LogP contribution is -2.21. The lowest BCUT2D eigenvalue weighted by molar-refractivity contribution is -0.515. The minimum atomic E-state index is 1.06.